The smallest absolute Gasteiger partial charge is 0.252 e. The summed E-state index contributed by atoms with van der Waals surface area (Å²) in [4.78, 5) is 24.4. The van der Waals surface area contributed by atoms with Crippen LogP contribution in [0, 0.1) is 0 Å². The van der Waals surface area contributed by atoms with Gasteiger partial charge in [0, 0.05) is 38.2 Å². The second kappa shape index (κ2) is 8.71. The summed E-state index contributed by atoms with van der Waals surface area (Å²) in [7, 11) is 0. The predicted molar refractivity (Wildman–Crippen MR) is 112 cm³/mol. The molecule has 1 atom stereocenters. The second-order valence-electron chi connectivity index (χ2n) is 7.72. The van der Waals surface area contributed by atoms with E-state index in [4.69, 9.17) is 9.72 Å². The quantitative estimate of drug-likeness (QED) is 0.864. The molecule has 6 nitrogen and oxygen atoms in total. The van der Waals surface area contributed by atoms with Gasteiger partial charge in [0.1, 0.15) is 0 Å². The van der Waals surface area contributed by atoms with E-state index in [9.17, 15) is 4.79 Å². The maximum Gasteiger partial charge on any atom is 0.252 e. The zero-order chi connectivity index (χ0) is 19.3. The summed E-state index contributed by atoms with van der Waals surface area (Å²) < 4.78 is 5.40. The van der Waals surface area contributed by atoms with E-state index in [1.807, 2.05) is 6.07 Å². The molecule has 4 rings (SSSR count). The van der Waals surface area contributed by atoms with Gasteiger partial charge in [0.05, 0.1) is 18.9 Å². The van der Waals surface area contributed by atoms with Crippen molar-refractivity contribution in [2.75, 3.05) is 50.8 Å². The van der Waals surface area contributed by atoms with Gasteiger partial charge in [-0.25, -0.2) is 4.98 Å². The number of likely N-dealkylation sites (tertiary alicyclic amines) is 1. The fourth-order valence-corrected chi connectivity index (χ4v) is 4.05. The van der Waals surface area contributed by atoms with Gasteiger partial charge >= 0.3 is 0 Å². The van der Waals surface area contributed by atoms with E-state index in [-0.39, 0.29) is 5.56 Å². The molecule has 148 valence electrons. The molecule has 0 saturated carbocycles. The Hall–Kier alpha value is -2.44. The number of aromatic amines is 1. The van der Waals surface area contributed by atoms with E-state index in [0.29, 0.717) is 25.1 Å². The molecule has 2 aromatic rings. The van der Waals surface area contributed by atoms with Crippen molar-refractivity contribution in [3.05, 3.63) is 63.6 Å². The highest BCUT2D eigenvalue weighted by atomic mass is 16.5. The Balaban J connectivity index is 1.42. The highest BCUT2D eigenvalue weighted by Crippen LogP contribution is 2.26. The van der Waals surface area contributed by atoms with Crippen LogP contribution in [0.5, 0.6) is 0 Å². The fraction of sp³-hybridized carbons (Fsp3) is 0.455. The number of aromatic nitrogens is 2. The van der Waals surface area contributed by atoms with Gasteiger partial charge in [-0.1, -0.05) is 42.0 Å². The fourth-order valence-electron chi connectivity index (χ4n) is 4.05. The molecule has 28 heavy (non-hydrogen) atoms. The number of morpholine rings is 1. The molecular weight excluding hydrogens is 352 g/mol. The van der Waals surface area contributed by atoms with Gasteiger partial charge in [-0.2, -0.15) is 0 Å². The Morgan fingerprint density at radius 3 is 2.82 bits per heavy atom. The van der Waals surface area contributed by atoms with Crippen molar-refractivity contribution in [1.82, 2.24) is 14.9 Å². The van der Waals surface area contributed by atoms with Crippen molar-refractivity contribution in [2.24, 2.45) is 0 Å². The molecule has 2 aliphatic rings. The standard InChI is InChI=1S/C22H28N4O2/c1-17(13-18-5-3-2-4-6-18)15-25-8-7-19(16-25)20-14-21(27)24-22(23-20)26-9-11-28-12-10-26/h2-6,13-14,19H,7-12,15-16H2,1H3,(H,23,24,27)/b17-13+/t19-/m0/s1. The average Bonchev–Trinajstić information content (AvgIpc) is 3.17. The van der Waals surface area contributed by atoms with Gasteiger partial charge in [-0.3, -0.25) is 14.7 Å². The highest BCUT2D eigenvalue weighted by molar-refractivity contribution is 5.52. The Morgan fingerprint density at radius 1 is 1.25 bits per heavy atom. The summed E-state index contributed by atoms with van der Waals surface area (Å²) in [5, 5.41) is 0. The van der Waals surface area contributed by atoms with Crippen molar-refractivity contribution >= 4 is 12.0 Å². The molecule has 2 aliphatic heterocycles. The Kier molecular flexibility index (Phi) is 5.88. The lowest BCUT2D eigenvalue weighted by Gasteiger charge is -2.27. The number of anilines is 1. The van der Waals surface area contributed by atoms with E-state index in [1.165, 1.54) is 11.1 Å². The molecule has 2 fully saturated rings. The van der Waals surface area contributed by atoms with Crippen LogP contribution in [0.1, 0.15) is 30.5 Å². The van der Waals surface area contributed by atoms with Crippen LogP contribution < -0.4 is 10.5 Å². The maximum atomic E-state index is 12.2. The first kappa shape index (κ1) is 18.9. The van der Waals surface area contributed by atoms with Crippen LogP contribution >= 0.6 is 0 Å². The molecule has 0 spiro atoms. The van der Waals surface area contributed by atoms with E-state index >= 15 is 0 Å². The van der Waals surface area contributed by atoms with Crippen LogP contribution in [-0.4, -0.2) is 60.8 Å². The van der Waals surface area contributed by atoms with Gasteiger partial charge in [0.15, 0.2) is 0 Å². The van der Waals surface area contributed by atoms with Crippen LogP contribution in [0.25, 0.3) is 6.08 Å². The first-order valence-corrected chi connectivity index (χ1v) is 10.1. The molecule has 3 heterocycles. The van der Waals surface area contributed by atoms with Gasteiger partial charge in [0.25, 0.3) is 5.56 Å². The lowest BCUT2D eigenvalue weighted by molar-refractivity contribution is 0.122. The van der Waals surface area contributed by atoms with E-state index in [1.54, 1.807) is 6.07 Å². The SMILES string of the molecule is C/C(=C\c1ccccc1)CN1CC[C@H](c2cc(=O)[nH]c(N3CCOCC3)n2)C1. The zero-order valence-electron chi connectivity index (χ0n) is 16.4. The van der Waals surface area contributed by atoms with Crippen LogP contribution in [-0.2, 0) is 4.74 Å². The van der Waals surface area contributed by atoms with Crippen molar-refractivity contribution in [3.8, 4) is 0 Å². The summed E-state index contributed by atoms with van der Waals surface area (Å²) in [5.41, 5.74) is 3.43. The second-order valence-corrected chi connectivity index (χ2v) is 7.72. The molecular formula is C22H28N4O2. The van der Waals surface area contributed by atoms with Crippen molar-refractivity contribution in [2.45, 2.75) is 19.3 Å². The van der Waals surface area contributed by atoms with Crippen LogP contribution in [0.3, 0.4) is 0 Å². The molecule has 1 aromatic heterocycles. The van der Waals surface area contributed by atoms with Gasteiger partial charge in [-0.15, -0.1) is 0 Å². The van der Waals surface area contributed by atoms with E-state index in [0.717, 1.165) is 44.8 Å². The summed E-state index contributed by atoms with van der Waals surface area (Å²) in [5.74, 6) is 0.996. The summed E-state index contributed by atoms with van der Waals surface area (Å²) >= 11 is 0. The van der Waals surface area contributed by atoms with E-state index < -0.39 is 0 Å². The molecule has 0 aliphatic carbocycles. The third-order valence-electron chi connectivity index (χ3n) is 5.44. The minimum Gasteiger partial charge on any atom is -0.378 e. The van der Waals surface area contributed by atoms with Crippen molar-refractivity contribution < 1.29 is 4.74 Å². The first-order chi connectivity index (χ1) is 13.7. The molecule has 0 unspecified atom stereocenters. The van der Waals surface area contributed by atoms with Crippen LogP contribution in [0.2, 0.25) is 0 Å². The number of ether oxygens (including phenoxy) is 1. The van der Waals surface area contributed by atoms with Crippen molar-refractivity contribution in [3.63, 3.8) is 0 Å². The molecule has 1 aromatic carbocycles. The topological polar surface area (TPSA) is 61.5 Å². The highest BCUT2D eigenvalue weighted by Gasteiger charge is 2.26. The van der Waals surface area contributed by atoms with Gasteiger partial charge in [0.2, 0.25) is 5.95 Å². The largest absolute Gasteiger partial charge is 0.378 e. The van der Waals surface area contributed by atoms with Gasteiger partial charge in [-0.05, 0) is 25.5 Å². The summed E-state index contributed by atoms with van der Waals surface area (Å²) in [6.07, 6.45) is 3.28. The minimum absolute atomic E-state index is 0.0647. The predicted octanol–water partition coefficient (Wildman–Crippen LogP) is 2.50. The zero-order valence-corrected chi connectivity index (χ0v) is 16.4. The normalized spacial score (nSPS) is 21.2. The van der Waals surface area contributed by atoms with Gasteiger partial charge < -0.3 is 9.64 Å². The Bertz CT molecular complexity index is 872. The third-order valence-corrected chi connectivity index (χ3v) is 5.44. The molecule has 6 heteroatoms. The minimum atomic E-state index is -0.0647. The Labute approximate surface area is 165 Å². The van der Waals surface area contributed by atoms with Crippen LogP contribution in [0.15, 0.2) is 46.8 Å². The maximum absolute atomic E-state index is 12.2. The van der Waals surface area contributed by atoms with E-state index in [2.05, 4.69) is 52.0 Å². The molecule has 0 bridgehead atoms. The third kappa shape index (κ3) is 4.69. The number of hydrogen-bond donors (Lipinski definition) is 1. The Morgan fingerprint density at radius 2 is 2.04 bits per heavy atom. The molecule has 1 N–H and O–H groups in total. The molecule has 0 amide bonds. The molecule has 0 radical (unpaired) electrons. The first-order valence-electron chi connectivity index (χ1n) is 10.1. The van der Waals surface area contributed by atoms with Crippen molar-refractivity contribution in [1.29, 1.82) is 0 Å². The number of benzene rings is 1. The van der Waals surface area contributed by atoms with Crippen LogP contribution in [0.4, 0.5) is 5.95 Å². The average molecular weight is 380 g/mol. The number of H-pyrrole nitrogens is 1. The summed E-state index contributed by atoms with van der Waals surface area (Å²) in [6.45, 7) is 8.01. The monoisotopic (exact) mass is 380 g/mol. The summed E-state index contributed by atoms with van der Waals surface area (Å²) in [6, 6.07) is 12.1. The number of hydrogen-bond acceptors (Lipinski definition) is 5. The number of nitrogens with zero attached hydrogens (tertiary/aromatic N) is 3. The lowest BCUT2D eigenvalue weighted by atomic mass is 10.0. The number of rotatable bonds is 5. The number of nitrogens with one attached hydrogen (secondary N) is 1. The molecule has 2 saturated heterocycles. The lowest BCUT2D eigenvalue weighted by Crippen LogP contribution is -2.38.